The summed E-state index contributed by atoms with van der Waals surface area (Å²) >= 11 is 10.8. The third-order valence-electron chi connectivity index (χ3n) is 3.08. The minimum Gasteiger partial charge on any atom is -0.455 e. The van der Waals surface area contributed by atoms with E-state index in [1.54, 1.807) is 0 Å². The molecular weight excluding hydrogens is 436 g/mol. The number of hydrogen-bond acceptors (Lipinski definition) is 1. The van der Waals surface area contributed by atoms with Gasteiger partial charge in [0.05, 0.1) is 4.47 Å². The molecule has 3 aromatic rings. The van der Waals surface area contributed by atoms with Crippen molar-refractivity contribution >= 4 is 58.8 Å². The average Bonchev–Trinajstić information content (AvgIpc) is 2.89. The van der Waals surface area contributed by atoms with Crippen LogP contribution in [-0.2, 0) is 0 Å². The first-order valence-corrected chi connectivity index (χ1v) is 8.09. The van der Waals surface area contributed by atoms with Gasteiger partial charge in [-0.15, -0.1) is 0 Å². The van der Waals surface area contributed by atoms with Crippen molar-refractivity contribution in [3.05, 3.63) is 55.4 Å². The van der Waals surface area contributed by atoms with Crippen LogP contribution >= 0.6 is 47.8 Å². The molecule has 0 saturated heterocycles. The Balaban J connectivity index is 2.33. The largest absolute Gasteiger partial charge is 0.455 e. The van der Waals surface area contributed by atoms with Crippen molar-refractivity contribution < 1.29 is 4.42 Å². The molecule has 3 rings (SSSR count). The van der Waals surface area contributed by atoms with Crippen molar-refractivity contribution in [2.45, 2.75) is 6.92 Å². The van der Waals surface area contributed by atoms with Crippen LogP contribution in [0.1, 0.15) is 5.56 Å². The summed E-state index contributed by atoms with van der Waals surface area (Å²) in [5, 5.41) is 1.08. The maximum Gasteiger partial charge on any atom is 0.151 e. The molecule has 4 heteroatoms. The Labute approximate surface area is 136 Å². The molecule has 0 unspecified atom stereocenters. The zero-order valence-electron chi connectivity index (χ0n) is 10.0. The maximum atomic E-state index is 5.99. The monoisotopic (exact) mass is 442 g/mol. The van der Waals surface area contributed by atoms with Gasteiger partial charge in [0, 0.05) is 19.9 Å². The minimum atomic E-state index is 0.850. The second kappa shape index (κ2) is 5.08. The zero-order valence-corrected chi connectivity index (χ0v) is 14.8. The lowest BCUT2D eigenvalue weighted by Gasteiger charge is -2.05. The SMILES string of the molecule is Cc1c(Br)c(Br)c2oc(-c3ccccc3)cc2c1Br. The molecule has 0 fully saturated rings. The summed E-state index contributed by atoms with van der Waals surface area (Å²) in [6.45, 7) is 2.06. The fourth-order valence-electron chi connectivity index (χ4n) is 2.02. The number of fused-ring (bicyclic) bond motifs is 1. The molecule has 2 aromatic carbocycles. The molecule has 0 radical (unpaired) electrons. The second-order valence-corrected chi connectivity index (χ2v) is 6.67. The van der Waals surface area contributed by atoms with Gasteiger partial charge >= 0.3 is 0 Å². The van der Waals surface area contributed by atoms with E-state index < -0.39 is 0 Å². The standard InChI is InChI=1S/C15H9Br3O/c1-8-12(16)10-7-11(9-5-3-2-4-6-9)19-15(10)14(18)13(8)17/h2-7H,1H3. The Morgan fingerprint density at radius 3 is 2.26 bits per heavy atom. The highest BCUT2D eigenvalue weighted by atomic mass is 79.9. The Morgan fingerprint density at radius 1 is 0.895 bits per heavy atom. The number of furan rings is 1. The van der Waals surface area contributed by atoms with E-state index in [0.717, 1.165) is 41.3 Å². The van der Waals surface area contributed by atoms with Crippen LogP contribution in [0, 0.1) is 6.92 Å². The molecule has 0 aliphatic carbocycles. The quantitative estimate of drug-likeness (QED) is 0.381. The van der Waals surface area contributed by atoms with Gasteiger partial charge in [0.25, 0.3) is 0 Å². The predicted octanol–water partition coefficient (Wildman–Crippen LogP) is 6.70. The first kappa shape index (κ1) is 13.4. The van der Waals surface area contributed by atoms with E-state index >= 15 is 0 Å². The maximum absolute atomic E-state index is 5.99. The van der Waals surface area contributed by atoms with Crippen molar-refractivity contribution in [3.63, 3.8) is 0 Å². The molecule has 0 amide bonds. The lowest BCUT2D eigenvalue weighted by atomic mass is 10.1. The molecular formula is C15H9Br3O. The normalized spacial score (nSPS) is 11.2. The summed E-state index contributed by atoms with van der Waals surface area (Å²) in [7, 11) is 0. The summed E-state index contributed by atoms with van der Waals surface area (Å²) in [6, 6.07) is 12.2. The van der Waals surface area contributed by atoms with E-state index in [-0.39, 0.29) is 0 Å². The second-order valence-electron chi connectivity index (χ2n) is 4.29. The average molecular weight is 445 g/mol. The third kappa shape index (κ3) is 2.20. The van der Waals surface area contributed by atoms with E-state index in [0.29, 0.717) is 0 Å². The summed E-state index contributed by atoms with van der Waals surface area (Å²) in [5.41, 5.74) is 3.08. The molecule has 0 atom stereocenters. The molecule has 0 bridgehead atoms. The number of halogens is 3. The van der Waals surface area contributed by atoms with Gasteiger partial charge in [-0.2, -0.15) is 0 Å². The van der Waals surface area contributed by atoms with Crippen LogP contribution < -0.4 is 0 Å². The van der Waals surface area contributed by atoms with E-state index in [4.69, 9.17) is 4.42 Å². The van der Waals surface area contributed by atoms with Crippen LogP contribution in [0.3, 0.4) is 0 Å². The fourth-order valence-corrected chi connectivity index (χ4v) is 3.75. The van der Waals surface area contributed by atoms with Crippen LogP contribution in [0.15, 0.2) is 54.2 Å². The van der Waals surface area contributed by atoms with Crippen LogP contribution in [0.5, 0.6) is 0 Å². The van der Waals surface area contributed by atoms with Gasteiger partial charge in [-0.25, -0.2) is 0 Å². The van der Waals surface area contributed by atoms with E-state index in [2.05, 4.69) is 60.8 Å². The molecule has 0 saturated carbocycles. The van der Waals surface area contributed by atoms with E-state index in [9.17, 15) is 0 Å². The molecule has 0 aliphatic rings. The van der Waals surface area contributed by atoms with Crippen molar-refractivity contribution in [1.29, 1.82) is 0 Å². The highest BCUT2D eigenvalue weighted by molar-refractivity contribution is 9.13. The summed E-state index contributed by atoms with van der Waals surface area (Å²) in [4.78, 5) is 0. The molecule has 1 heterocycles. The highest BCUT2D eigenvalue weighted by Crippen LogP contribution is 2.43. The molecule has 0 spiro atoms. The topological polar surface area (TPSA) is 13.1 Å². The summed E-state index contributed by atoms with van der Waals surface area (Å²) < 4.78 is 9.02. The zero-order chi connectivity index (χ0) is 13.6. The molecule has 19 heavy (non-hydrogen) atoms. The van der Waals surface area contributed by atoms with Crippen molar-refractivity contribution in [2.75, 3.05) is 0 Å². The first-order valence-electron chi connectivity index (χ1n) is 5.71. The lowest BCUT2D eigenvalue weighted by Crippen LogP contribution is -1.81. The van der Waals surface area contributed by atoms with Crippen molar-refractivity contribution in [2.24, 2.45) is 0 Å². The summed E-state index contributed by atoms with van der Waals surface area (Å²) in [5.74, 6) is 0.870. The van der Waals surface area contributed by atoms with Crippen molar-refractivity contribution in [1.82, 2.24) is 0 Å². The molecule has 1 aromatic heterocycles. The van der Waals surface area contributed by atoms with E-state index in [1.807, 2.05) is 30.3 Å². The molecule has 0 N–H and O–H groups in total. The fraction of sp³-hybridized carbons (Fsp3) is 0.0667. The van der Waals surface area contributed by atoms with Crippen LogP contribution in [0.25, 0.3) is 22.3 Å². The van der Waals surface area contributed by atoms with Gasteiger partial charge < -0.3 is 4.42 Å². The smallest absolute Gasteiger partial charge is 0.151 e. The van der Waals surface area contributed by atoms with Gasteiger partial charge in [0.2, 0.25) is 0 Å². The molecule has 1 nitrogen and oxygen atoms in total. The highest BCUT2D eigenvalue weighted by Gasteiger charge is 2.17. The third-order valence-corrected chi connectivity index (χ3v) is 6.38. The van der Waals surface area contributed by atoms with Crippen LogP contribution in [0.2, 0.25) is 0 Å². The Kier molecular flexibility index (Phi) is 3.58. The van der Waals surface area contributed by atoms with Crippen molar-refractivity contribution in [3.8, 4) is 11.3 Å². The summed E-state index contributed by atoms with van der Waals surface area (Å²) in [6.07, 6.45) is 0. The van der Waals surface area contributed by atoms with Crippen LogP contribution in [-0.4, -0.2) is 0 Å². The minimum absolute atomic E-state index is 0.850. The van der Waals surface area contributed by atoms with E-state index in [1.165, 1.54) is 0 Å². The van der Waals surface area contributed by atoms with Gasteiger partial charge in [0.1, 0.15) is 5.76 Å². The van der Waals surface area contributed by atoms with Gasteiger partial charge in [-0.3, -0.25) is 0 Å². The number of rotatable bonds is 1. The Morgan fingerprint density at radius 2 is 1.58 bits per heavy atom. The van der Waals surface area contributed by atoms with Gasteiger partial charge in [-0.05, 0) is 66.3 Å². The Bertz CT molecular complexity index is 715. The van der Waals surface area contributed by atoms with Crippen LogP contribution in [0.4, 0.5) is 0 Å². The van der Waals surface area contributed by atoms with Gasteiger partial charge in [-0.1, -0.05) is 30.3 Å². The first-order chi connectivity index (χ1) is 9.09. The number of benzene rings is 2. The number of hydrogen-bond donors (Lipinski definition) is 0. The molecule has 0 aliphatic heterocycles. The van der Waals surface area contributed by atoms with Gasteiger partial charge in [0.15, 0.2) is 5.58 Å². The Hall–Kier alpha value is -0.580. The lowest BCUT2D eigenvalue weighted by molar-refractivity contribution is 0.629. The molecule has 96 valence electrons. The predicted molar refractivity (Wildman–Crippen MR) is 89.5 cm³/mol.